The van der Waals surface area contributed by atoms with Crippen LogP contribution in [0.3, 0.4) is 0 Å². The molecule has 0 fully saturated rings. The summed E-state index contributed by atoms with van der Waals surface area (Å²) < 4.78 is 9.97. The Morgan fingerprint density at radius 2 is 2.27 bits per heavy atom. The van der Waals surface area contributed by atoms with Crippen LogP contribution in [-0.2, 0) is 4.74 Å². The van der Waals surface area contributed by atoms with Gasteiger partial charge in [-0.3, -0.25) is 10.4 Å². The molecule has 2 rings (SSSR count). The van der Waals surface area contributed by atoms with Crippen molar-refractivity contribution in [2.75, 3.05) is 20.5 Å². The third-order valence-electron chi connectivity index (χ3n) is 2.84. The van der Waals surface area contributed by atoms with Crippen LogP contribution in [0.4, 0.5) is 5.69 Å². The van der Waals surface area contributed by atoms with Gasteiger partial charge in [-0.1, -0.05) is 11.8 Å². The van der Waals surface area contributed by atoms with Crippen molar-refractivity contribution in [1.29, 1.82) is 5.26 Å². The van der Waals surface area contributed by atoms with Gasteiger partial charge in [-0.25, -0.2) is 9.79 Å². The molecule has 114 valence electrons. The van der Waals surface area contributed by atoms with E-state index in [1.54, 1.807) is 18.4 Å². The van der Waals surface area contributed by atoms with Gasteiger partial charge in [0.2, 0.25) is 0 Å². The number of aromatic nitrogens is 2. The minimum absolute atomic E-state index is 0.174. The normalized spacial score (nSPS) is 11.1. The van der Waals surface area contributed by atoms with E-state index in [1.165, 1.54) is 26.0 Å². The molecule has 0 saturated heterocycles. The van der Waals surface area contributed by atoms with E-state index in [2.05, 4.69) is 20.5 Å². The standard InChI is InChI=1S/C13H13N5O3S/c1-20-8-5-4-7(16-13(22-3)15-6-14)9-10(8)17-18-11(9)12(19)21-2/h4-5H,1-3H3,(H,15,16)(H,17,18). The molecule has 0 unspecified atom stereocenters. The average Bonchev–Trinajstić information content (AvgIpc) is 2.99. The fraction of sp³-hybridized carbons (Fsp3) is 0.231. The fourth-order valence-corrected chi connectivity index (χ4v) is 2.21. The number of amidine groups is 1. The number of thioether (sulfide) groups is 1. The van der Waals surface area contributed by atoms with Crippen LogP contribution in [0.25, 0.3) is 10.9 Å². The first-order valence-electron chi connectivity index (χ1n) is 6.07. The second-order valence-electron chi connectivity index (χ2n) is 3.96. The first-order valence-corrected chi connectivity index (χ1v) is 7.29. The lowest BCUT2D eigenvalue weighted by Gasteiger charge is -2.05. The molecule has 0 amide bonds. The van der Waals surface area contributed by atoms with Crippen LogP contribution in [0.15, 0.2) is 17.1 Å². The lowest BCUT2D eigenvalue weighted by atomic mass is 10.1. The first-order chi connectivity index (χ1) is 10.7. The third-order valence-corrected chi connectivity index (χ3v) is 3.42. The van der Waals surface area contributed by atoms with Crippen molar-refractivity contribution in [1.82, 2.24) is 15.5 Å². The maximum absolute atomic E-state index is 11.9. The molecule has 0 spiro atoms. The zero-order valence-electron chi connectivity index (χ0n) is 12.1. The highest BCUT2D eigenvalue weighted by atomic mass is 32.2. The summed E-state index contributed by atoms with van der Waals surface area (Å²) in [6.45, 7) is 0. The number of aliphatic imine (C=N–C) groups is 1. The van der Waals surface area contributed by atoms with E-state index in [1.807, 2.05) is 6.19 Å². The summed E-state index contributed by atoms with van der Waals surface area (Å²) in [7, 11) is 2.79. The number of carbonyl (C=O) groups excluding carboxylic acids is 1. The molecule has 0 radical (unpaired) electrons. The van der Waals surface area contributed by atoms with E-state index in [9.17, 15) is 4.79 Å². The van der Waals surface area contributed by atoms with Crippen LogP contribution in [0.2, 0.25) is 0 Å². The Kier molecular flexibility index (Phi) is 4.85. The molecule has 1 aromatic carbocycles. The summed E-state index contributed by atoms with van der Waals surface area (Å²) in [5, 5.41) is 18.8. The van der Waals surface area contributed by atoms with Crippen molar-refractivity contribution in [2.24, 2.45) is 4.99 Å². The summed E-state index contributed by atoms with van der Waals surface area (Å²) in [6, 6.07) is 3.37. The van der Waals surface area contributed by atoms with E-state index in [4.69, 9.17) is 14.7 Å². The molecule has 1 heterocycles. The zero-order chi connectivity index (χ0) is 16.1. The van der Waals surface area contributed by atoms with Gasteiger partial charge in [-0.2, -0.15) is 10.4 Å². The van der Waals surface area contributed by atoms with Crippen molar-refractivity contribution < 1.29 is 14.3 Å². The molecule has 0 aliphatic rings. The smallest absolute Gasteiger partial charge is 0.356 e. The summed E-state index contributed by atoms with van der Waals surface area (Å²) >= 11 is 1.27. The number of nitrogens with one attached hydrogen (secondary N) is 2. The Morgan fingerprint density at radius 1 is 1.50 bits per heavy atom. The SMILES string of the molecule is COC(=O)c1[nH]nc2c(OC)ccc(N=C(NC#N)SC)c12. The van der Waals surface area contributed by atoms with E-state index < -0.39 is 5.97 Å². The number of esters is 1. The van der Waals surface area contributed by atoms with Gasteiger partial charge in [0.05, 0.1) is 25.3 Å². The maximum Gasteiger partial charge on any atom is 0.356 e. The fourth-order valence-electron chi connectivity index (χ4n) is 1.88. The van der Waals surface area contributed by atoms with Crippen molar-refractivity contribution in [3.8, 4) is 11.9 Å². The van der Waals surface area contributed by atoms with E-state index >= 15 is 0 Å². The van der Waals surface area contributed by atoms with Crippen LogP contribution < -0.4 is 10.1 Å². The molecule has 2 N–H and O–H groups in total. The molecule has 22 heavy (non-hydrogen) atoms. The van der Waals surface area contributed by atoms with Gasteiger partial charge in [-0.05, 0) is 18.4 Å². The summed E-state index contributed by atoms with van der Waals surface area (Å²) in [6.07, 6.45) is 3.59. The number of methoxy groups -OCH3 is 2. The highest BCUT2D eigenvalue weighted by Gasteiger charge is 2.20. The number of hydrogen-bond acceptors (Lipinski definition) is 7. The van der Waals surface area contributed by atoms with Crippen LogP contribution in [0.1, 0.15) is 10.5 Å². The molecule has 1 aromatic heterocycles. The van der Waals surface area contributed by atoms with Gasteiger partial charge in [0.25, 0.3) is 0 Å². The predicted molar refractivity (Wildman–Crippen MR) is 83.3 cm³/mol. The number of nitrogens with zero attached hydrogens (tertiary/aromatic N) is 3. The molecule has 0 atom stereocenters. The quantitative estimate of drug-likeness (QED) is 0.291. The first kappa shape index (κ1) is 15.7. The molecular formula is C13H13N5O3S. The molecule has 0 aliphatic heterocycles. The van der Waals surface area contributed by atoms with Gasteiger partial charge >= 0.3 is 5.97 Å². The Bertz CT molecular complexity index is 778. The predicted octanol–water partition coefficient (Wildman–Crippen LogP) is 1.78. The number of rotatable bonds is 3. The summed E-state index contributed by atoms with van der Waals surface area (Å²) in [5.41, 5.74) is 1.10. The van der Waals surface area contributed by atoms with E-state index in [0.717, 1.165) is 0 Å². The van der Waals surface area contributed by atoms with Gasteiger partial charge in [0, 0.05) is 0 Å². The lowest BCUT2D eigenvalue weighted by Crippen LogP contribution is -2.12. The van der Waals surface area contributed by atoms with Gasteiger partial charge < -0.3 is 9.47 Å². The van der Waals surface area contributed by atoms with Gasteiger partial charge in [0.1, 0.15) is 11.3 Å². The summed E-state index contributed by atoms with van der Waals surface area (Å²) in [5.74, 6) is -0.0644. The topological polar surface area (TPSA) is 112 Å². The van der Waals surface area contributed by atoms with E-state index in [0.29, 0.717) is 27.5 Å². The number of H-pyrrole nitrogens is 1. The average molecular weight is 319 g/mol. The number of benzene rings is 1. The second kappa shape index (κ2) is 6.82. The van der Waals surface area contributed by atoms with E-state index in [-0.39, 0.29) is 5.69 Å². The molecule has 9 heteroatoms. The molecule has 2 aromatic rings. The Hall–Kier alpha value is -2.73. The number of hydrogen-bond donors (Lipinski definition) is 2. The number of nitriles is 1. The highest BCUT2D eigenvalue weighted by Crippen LogP contribution is 2.34. The van der Waals surface area contributed by atoms with Crippen LogP contribution in [0, 0.1) is 11.5 Å². The van der Waals surface area contributed by atoms with Crippen molar-refractivity contribution >= 4 is 39.5 Å². The molecule has 0 bridgehead atoms. The Balaban J connectivity index is 2.71. The number of aromatic amines is 1. The number of carbonyl (C=O) groups is 1. The Labute approximate surface area is 130 Å². The molecular weight excluding hydrogens is 306 g/mol. The summed E-state index contributed by atoms with van der Waals surface area (Å²) in [4.78, 5) is 16.2. The molecule has 8 nitrogen and oxygen atoms in total. The minimum Gasteiger partial charge on any atom is -0.494 e. The van der Waals surface area contributed by atoms with Crippen molar-refractivity contribution in [2.45, 2.75) is 0 Å². The Morgan fingerprint density at radius 3 is 2.86 bits per heavy atom. The highest BCUT2D eigenvalue weighted by molar-refractivity contribution is 8.13. The van der Waals surface area contributed by atoms with Gasteiger partial charge in [-0.15, -0.1) is 0 Å². The minimum atomic E-state index is -0.564. The van der Waals surface area contributed by atoms with Gasteiger partial charge in [0.15, 0.2) is 17.1 Å². The second-order valence-corrected chi connectivity index (χ2v) is 4.75. The van der Waals surface area contributed by atoms with Crippen LogP contribution in [0.5, 0.6) is 5.75 Å². The van der Waals surface area contributed by atoms with Crippen LogP contribution >= 0.6 is 11.8 Å². The maximum atomic E-state index is 11.9. The molecule has 0 aliphatic carbocycles. The largest absolute Gasteiger partial charge is 0.494 e. The zero-order valence-corrected chi connectivity index (χ0v) is 12.9. The van der Waals surface area contributed by atoms with Crippen molar-refractivity contribution in [3.63, 3.8) is 0 Å². The number of ether oxygens (including phenoxy) is 2. The van der Waals surface area contributed by atoms with Crippen LogP contribution in [-0.4, -0.2) is 41.8 Å². The van der Waals surface area contributed by atoms with Crippen molar-refractivity contribution in [3.05, 3.63) is 17.8 Å². The number of fused-ring (bicyclic) bond motifs is 1. The lowest BCUT2D eigenvalue weighted by molar-refractivity contribution is 0.0596. The third kappa shape index (κ3) is 2.82. The molecule has 0 saturated carbocycles. The monoisotopic (exact) mass is 319 g/mol.